The van der Waals surface area contributed by atoms with Crippen LogP contribution < -0.4 is 0 Å². The van der Waals surface area contributed by atoms with Crippen LogP contribution in [0.1, 0.15) is 116 Å². The van der Waals surface area contributed by atoms with Gasteiger partial charge >= 0.3 is 0 Å². The van der Waals surface area contributed by atoms with Crippen molar-refractivity contribution in [1.29, 1.82) is 0 Å². The van der Waals surface area contributed by atoms with E-state index in [2.05, 4.69) is 6.92 Å². The van der Waals surface area contributed by atoms with E-state index in [1.165, 1.54) is 57.8 Å². The Morgan fingerprint density at radius 1 is 0.621 bits per heavy atom. The quantitative estimate of drug-likeness (QED) is 0.328. The monoisotopic (exact) mass is 412 g/mol. The lowest BCUT2D eigenvalue weighted by atomic mass is 9.65. The van der Waals surface area contributed by atoms with E-state index >= 15 is 8.78 Å². The van der Waals surface area contributed by atoms with Gasteiger partial charge in [-0.2, -0.15) is 0 Å². The van der Waals surface area contributed by atoms with Crippen LogP contribution in [0.25, 0.3) is 0 Å². The molecule has 3 rings (SSSR count). The van der Waals surface area contributed by atoms with Gasteiger partial charge in [0.15, 0.2) is 0 Å². The molecule has 3 saturated carbocycles. The molecule has 0 aromatic carbocycles. The molecule has 29 heavy (non-hydrogen) atoms. The van der Waals surface area contributed by atoms with Crippen molar-refractivity contribution in [2.45, 2.75) is 135 Å². The van der Waals surface area contributed by atoms with Crippen LogP contribution in [0, 0.1) is 23.7 Å². The highest BCUT2D eigenvalue weighted by Crippen LogP contribution is 2.47. The van der Waals surface area contributed by atoms with E-state index in [1.54, 1.807) is 0 Å². The van der Waals surface area contributed by atoms with Crippen LogP contribution >= 0.6 is 0 Å². The predicted octanol–water partition coefficient (Wildman–Crippen LogP) is 8.21. The highest BCUT2D eigenvalue weighted by atomic mass is 19.2. The molecule has 170 valence electrons. The fourth-order valence-corrected chi connectivity index (χ4v) is 6.55. The summed E-state index contributed by atoms with van der Waals surface area (Å²) in [7, 11) is 0. The maximum atomic E-state index is 15.1. The summed E-state index contributed by atoms with van der Waals surface area (Å²) >= 11 is 0. The maximum absolute atomic E-state index is 15.1. The third-order valence-electron chi connectivity index (χ3n) is 8.39. The Bertz CT molecular complexity index is 428. The van der Waals surface area contributed by atoms with Gasteiger partial charge in [-0.3, -0.25) is 0 Å². The Labute approximate surface area is 178 Å². The summed E-state index contributed by atoms with van der Waals surface area (Å²) < 4.78 is 36.2. The number of hydrogen-bond acceptors (Lipinski definition) is 1. The third-order valence-corrected chi connectivity index (χ3v) is 8.39. The maximum Gasteiger partial charge on any atom is 0.134 e. The molecule has 0 aromatic rings. The lowest BCUT2D eigenvalue weighted by molar-refractivity contribution is -0.0471. The summed E-state index contributed by atoms with van der Waals surface area (Å²) in [5.74, 6) is 0.788. The summed E-state index contributed by atoms with van der Waals surface area (Å²) in [5, 5.41) is 0. The summed E-state index contributed by atoms with van der Waals surface area (Å²) in [6, 6.07) is 0. The first-order valence-electron chi connectivity index (χ1n) is 13.1. The largest absolute Gasteiger partial charge is 0.378 e. The number of alkyl halides is 2. The zero-order valence-corrected chi connectivity index (χ0v) is 18.9. The molecule has 4 unspecified atom stereocenters. The Hall–Kier alpha value is -0.180. The van der Waals surface area contributed by atoms with Crippen molar-refractivity contribution in [3.05, 3.63) is 0 Å². The van der Waals surface area contributed by atoms with Gasteiger partial charge in [0.2, 0.25) is 0 Å². The van der Waals surface area contributed by atoms with Crippen molar-refractivity contribution in [1.82, 2.24) is 0 Å². The minimum Gasteiger partial charge on any atom is -0.378 e. The van der Waals surface area contributed by atoms with Gasteiger partial charge in [-0.1, -0.05) is 71.1 Å². The number of hydrogen-bond donors (Lipinski definition) is 0. The van der Waals surface area contributed by atoms with E-state index in [0.29, 0.717) is 17.9 Å². The van der Waals surface area contributed by atoms with Crippen LogP contribution in [-0.2, 0) is 4.74 Å². The van der Waals surface area contributed by atoms with Gasteiger partial charge in [-0.15, -0.1) is 0 Å². The van der Waals surface area contributed by atoms with E-state index in [1.807, 2.05) is 0 Å². The average molecular weight is 413 g/mol. The molecule has 0 amide bonds. The molecule has 1 nitrogen and oxygen atoms in total. The Morgan fingerprint density at radius 3 is 1.79 bits per heavy atom. The molecule has 3 heteroatoms. The zero-order chi connectivity index (χ0) is 20.5. The van der Waals surface area contributed by atoms with Gasteiger partial charge in [0.05, 0.1) is 6.10 Å². The van der Waals surface area contributed by atoms with Crippen LogP contribution in [0.3, 0.4) is 0 Å². The minimum atomic E-state index is -1.22. The van der Waals surface area contributed by atoms with Crippen LogP contribution in [0.2, 0.25) is 0 Å². The van der Waals surface area contributed by atoms with E-state index in [4.69, 9.17) is 4.74 Å². The minimum absolute atomic E-state index is 0.00134. The fourth-order valence-electron chi connectivity index (χ4n) is 6.55. The number of unbranched alkanes of at least 4 members (excludes halogenated alkanes) is 5. The number of halogens is 2. The van der Waals surface area contributed by atoms with Crippen molar-refractivity contribution in [3.63, 3.8) is 0 Å². The molecule has 4 atom stereocenters. The lowest BCUT2D eigenvalue weighted by Crippen LogP contribution is -2.45. The standard InChI is InChI=1S/C26H46F2O/c1-2-3-4-5-6-10-19-29-22-15-13-21(14-16-22)24-18-17-23(25(27)26(24)28)20-11-8-7-9-12-20/h20-26H,2-19H2,1H3. The van der Waals surface area contributed by atoms with Crippen molar-refractivity contribution in [3.8, 4) is 0 Å². The van der Waals surface area contributed by atoms with Crippen LogP contribution in [0.15, 0.2) is 0 Å². The number of rotatable bonds is 10. The van der Waals surface area contributed by atoms with Gasteiger partial charge in [-0.25, -0.2) is 8.78 Å². The van der Waals surface area contributed by atoms with Crippen molar-refractivity contribution >= 4 is 0 Å². The van der Waals surface area contributed by atoms with Gasteiger partial charge in [0.25, 0.3) is 0 Å². The molecule has 0 heterocycles. The van der Waals surface area contributed by atoms with Gasteiger partial charge < -0.3 is 4.74 Å². The first-order chi connectivity index (χ1) is 14.2. The molecule has 0 radical (unpaired) electrons. The fraction of sp³-hybridized carbons (Fsp3) is 1.00. The molecule has 0 aromatic heterocycles. The second-order valence-electron chi connectivity index (χ2n) is 10.4. The SMILES string of the molecule is CCCCCCCCOC1CCC(C2CCC(C3CCCCC3)C(F)C2F)CC1. The predicted molar refractivity (Wildman–Crippen MR) is 118 cm³/mol. The van der Waals surface area contributed by atoms with E-state index < -0.39 is 12.3 Å². The zero-order valence-electron chi connectivity index (χ0n) is 18.9. The second-order valence-corrected chi connectivity index (χ2v) is 10.4. The topological polar surface area (TPSA) is 9.23 Å². The summed E-state index contributed by atoms with van der Waals surface area (Å²) in [5.41, 5.74) is 0. The average Bonchev–Trinajstić information content (AvgIpc) is 2.76. The number of ether oxygens (including phenoxy) is 1. The molecule has 3 fully saturated rings. The first-order valence-corrected chi connectivity index (χ1v) is 13.1. The molecule has 0 aliphatic heterocycles. The van der Waals surface area contributed by atoms with Crippen LogP contribution in [0.4, 0.5) is 8.78 Å². The van der Waals surface area contributed by atoms with Crippen molar-refractivity contribution < 1.29 is 13.5 Å². The van der Waals surface area contributed by atoms with E-state index in [0.717, 1.165) is 58.0 Å². The Balaban J connectivity index is 1.33. The molecule has 0 N–H and O–H groups in total. The molecule has 0 saturated heterocycles. The molecule has 3 aliphatic carbocycles. The Morgan fingerprint density at radius 2 is 1.17 bits per heavy atom. The molecular weight excluding hydrogens is 366 g/mol. The summed E-state index contributed by atoms with van der Waals surface area (Å²) in [4.78, 5) is 0. The van der Waals surface area contributed by atoms with Gasteiger partial charge in [-0.05, 0) is 68.6 Å². The summed E-state index contributed by atoms with van der Waals surface area (Å²) in [6.07, 6.45) is 17.7. The van der Waals surface area contributed by atoms with Crippen molar-refractivity contribution in [2.75, 3.05) is 6.61 Å². The molecule has 3 aliphatic rings. The normalized spacial score (nSPS) is 36.9. The summed E-state index contributed by atoms with van der Waals surface area (Å²) in [6.45, 7) is 3.13. The van der Waals surface area contributed by atoms with Crippen LogP contribution in [-0.4, -0.2) is 25.1 Å². The molecule has 0 spiro atoms. The smallest absolute Gasteiger partial charge is 0.134 e. The lowest BCUT2D eigenvalue weighted by Gasteiger charge is -2.44. The highest BCUT2D eigenvalue weighted by Gasteiger charge is 2.46. The van der Waals surface area contributed by atoms with E-state index in [9.17, 15) is 0 Å². The van der Waals surface area contributed by atoms with Gasteiger partial charge in [0.1, 0.15) is 12.3 Å². The second kappa shape index (κ2) is 12.6. The third kappa shape index (κ3) is 6.91. The highest BCUT2D eigenvalue weighted by molar-refractivity contribution is 4.95. The van der Waals surface area contributed by atoms with E-state index in [-0.39, 0.29) is 11.8 Å². The van der Waals surface area contributed by atoms with Crippen LogP contribution in [0.5, 0.6) is 0 Å². The first kappa shape index (κ1) is 23.5. The van der Waals surface area contributed by atoms with Gasteiger partial charge in [0, 0.05) is 6.61 Å². The molecule has 0 bridgehead atoms. The molecular formula is C26H46F2O. The Kier molecular flexibility index (Phi) is 10.2. The van der Waals surface area contributed by atoms with Crippen molar-refractivity contribution in [2.24, 2.45) is 23.7 Å².